The van der Waals surface area contributed by atoms with Crippen molar-refractivity contribution in [3.8, 4) is 0 Å². The summed E-state index contributed by atoms with van der Waals surface area (Å²) in [6.45, 7) is 8.01. The van der Waals surface area contributed by atoms with Gasteiger partial charge in [0.05, 0.1) is 11.9 Å². The molecule has 2 fully saturated rings. The second kappa shape index (κ2) is 4.25. The van der Waals surface area contributed by atoms with E-state index in [1.54, 1.807) is 0 Å². The minimum Gasteiger partial charge on any atom is -0.364 e. The second-order valence-corrected chi connectivity index (χ2v) is 6.54. The molecule has 98 valence electrons. The van der Waals surface area contributed by atoms with E-state index in [0.29, 0.717) is 5.54 Å². The van der Waals surface area contributed by atoms with Gasteiger partial charge in [-0.15, -0.1) is 0 Å². The zero-order chi connectivity index (χ0) is 12.8. The highest BCUT2D eigenvalue weighted by molar-refractivity contribution is 5.50. The van der Waals surface area contributed by atoms with Crippen LogP contribution in [0.15, 0.2) is 18.3 Å². The van der Waals surface area contributed by atoms with E-state index in [1.165, 1.54) is 37.9 Å². The van der Waals surface area contributed by atoms with Crippen molar-refractivity contribution in [3.63, 3.8) is 0 Å². The maximum absolute atomic E-state index is 4.48. The van der Waals surface area contributed by atoms with Gasteiger partial charge >= 0.3 is 0 Å². The molecule has 1 saturated heterocycles. The van der Waals surface area contributed by atoms with Crippen LogP contribution in [0.5, 0.6) is 0 Å². The summed E-state index contributed by atoms with van der Waals surface area (Å²) in [6.07, 6.45) is 7.62. The Labute approximate surface area is 110 Å². The SMILES string of the molecule is Cc1ccc(N2CC(C(C)C)CCC23CC3)cn1. The number of nitrogens with zero attached hydrogens (tertiary/aromatic N) is 2. The fraction of sp³-hybridized carbons (Fsp3) is 0.688. The molecule has 2 heterocycles. The molecular weight excluding hydrogens is 220 g/mol. The summed E-state index contributed by atoms with van der Waals surface area (Å²) in [5.41, 5.74) is 2.95. The molecule has 1 unspecified atom stereocenters. The van der Waals surface area contributed by atoms with Crippen LogP contribution in [0.1, 0.15) is 45.2 Å². The third kappa shape index (κ3) is 2.02. The van der Waals surface area contributed by atoms with Gasteiger partial charge in [0.2, 0.25) is 0 Å². The van der Waals surface area contributed by atoms with E-state index in [2.05, 4.69) is 49.0 Å². The average molecular weight is 244 g/mol. The summed E-state index contributed by atoms with van der Waals surface area (Å²) in [5.74, 6) is 1.64. The van der Waals surface area contributed by atoms with Crippen LogP contribution in [0, 0.1) is 18.8 Å². The molecule has 2 aliphatic rings. The van der Waals surface area contributed by atoms with E-state index in [1.807, 2.05) is 0 Å². The molecule has 2 nitrogen and oxygen atoms in total. The Morgan fingerprint density at radius 3 is 2.61 bits per heavy atom. The lowest BCUT2D eigenvalue weighted by Crippen LogP contribution is -2.46. The van der Waals surface area contributed by atoms with E-state index in [-0.39, 0.29) is 0 Å². The molecule has 2 heteroatoms. The van der Waals surface area contributed by atoms with Crippen molar-refractivity contribution in [1.29, 1.82) is 0 Å². The summed E-state index contributed by atoms with van der Waals surface area (Å²) in [4.78, 5) is 7.14. The topological polar surface area (TPSA) is 16.1 Å². The molecule has 3 rings (SSSR count). The van der Waals surface area contributed by atoms with Gasteiger partial charge < -0.3 is 4.90 Å². The predicted octanol–water partition coefficient (Wildman–Crippen LogP) is 3.80. The largest absolute Gasteiger partial charge is 0.364 e. The van der Waals surface area contributed by atoms with Gasteiger partial charge in [-0.1, -0.05) is 13.8 Å². The Bertz CT molecular complexity index is 417. The van der Waals surface area contributed by atoms with Crippen LogP contribution in [-0.4, -0.2) is 17.1 Å². The molecule has 1 atom stereocenters. The number of aromatic nitrogens is 1. The molecule has 1 saturated carbocycles. The second-order valence-electron chi connectivity index (χ2n) is 6.54. The quantitative estimate of drug-likeness (QED) is 0.786. The van der Waals surface area contributed by atoms with Gasteiger partial charge in [-0.25, -0.2) is 0 Å². The van der Waals surface area contributed by atoms with Gasteiger partial charge in [-0.2, -0.15) is 0 Å². The number of hydrogen-bond donors (Lipinski definition) is 0. The van der Waals surface area contributed by atoms with Gasteiger partial charge in [0.25, 0.3) is 0 Å². The monoisotopic (exact) mass is 244 g/mol. The fourth-order valence-corrected chi connectivity index (χ4v) is 3.32. The lowest BCUT2D eigenvalue weighted by atomic mass is 9.83. The summed E-state index contributed by atoms with van der Waals surface area (Å²) in [6, 6.07) is 4.40. The molecule has 1 spiro atoms. The molecule has 1 aromatic heterocycles. The van der Waals surface area contributed by atoms with Crippen LogP contribution in [0.3, 0.4) is 0 Å². The Morgan fingerprint density at radius 1 is 1.28 bits per heavy atom. The molecule has 0 bridgehead atoms. The van der Waals surface area contributed by atoms with Crippen molar-refractivity contribution in [3.05, 3.63) is 24.0 Å². The molecule has 0 N–H and O–H groups in total. The maximum atomic E-state index is 4.48. The Balaban J connectivity index is 1.85. The molecular formula is C16H24N2. The van der Waals surface area contributed by atoms with Gasteiger partial charge in [0.1, 0.15) is 0 Å². The molecule has 0 radical (unpaired) electrons. The minimum absolute atomic E-state index is 0.502. The number of hydrogen-bond acceptors (Lipinski definition) is 2. The Hall–Kier alpha value is -1.05. The molecule has 0 amide bonds. The number of pyridine rings is 1. The highest BCUT2D eigenvalue weighted by atomic mass is 15.2. The number of piperidine rings is 1. The first-order chi connectivity index (χ1) is 8.61. The lowest BCUT2D eigenvalue weighted by Gasteiger charge is -2.43. The summed E-state index contributed by atoms with van der Waals surface area (Å²) in [5, 5.41) is 0. The summed E-state index contributed by atoms with van der Waals surface area (Å²) in [7, 11) is 0. The van der Waals surface area contributed by atoms with E-state index in [4.69, 9.17) is 0 Å². The van der Waals surface area contributed by atoms with Crippen molar-refractivity contribution in [1.82, 2.24) is 4.98 Å². The van der Waals surface area contributed by atoms with Crippen LogP contribution < -0.4 is 4.90 Å². The van der Waals surface area contributed by atoms with Crippen molar-refractivity contribution < 1.29 is 0 Å². The molecule has 18 heavy (non-hydrogen) atoms. The van der Waals surface area contributed by atoms with Crippen LogP contribution >= 0.6 is 0 Å². The van der Waals surface area contributed by atoms with E-state index in [9.17, 15) is 0 Å². The van der Waals surface area contributed by atoms with Crippen molar-refractivity contribution in [2.45, 2.75) is 52.0 Å². The van der Waals surface area contributed by atoms with Crippen LogP contribution in [0.25, 0.3) is 0 Å². The van der Waals surface area contributed by atoms with Crippen LogP contribution in [-0.2, 0) is 0 Å². The van der Waals surface area contributed by atoms with Crippen molar-refractivity contribution in [2.24, 2.45) is 11.8 Å². The summed E-state index contributed by atoms with van der Waals surface area (Å²) < 4.78 is 0. The van der Waals surface area contributed by atoms with E-state index >= 15 is 0 Å². The number of rotatable bonds is 2. The highest BCUT2D eigenvalue weighted by Gasteiger charge is 2.51. The smallest absolute Gasteiger partial charge is 0.0557 e. The standard InChI is InChI=1S/C16H24N2/c1-12(2)14-6-7-16(8-9-16)18(11-14)15-5-4-13(3)17-10-15/h4-5,10,12,14H,6-9,11H2,1-3H3. The minimum atomic E-state index is 0.502. The van der Waals surface area contributed by atoms with Gasteiger partial charge in [-0.3, -0.25) is 4.98 Å². The van der Waals surface area contributed by atoms with E-state index < -0.39 is 0 Å². The summed E-state index contributed by atoms with van der Waals surface area (Å²) >= 11 is 0. The molecule has 1 aliphatic carbocycles. The van der Waals surface area contributed by atoms with Gasteiger partial charge in [0, 0.05) is 17.8 Å². The number of anilines is 1. The Kier molecular flexibility index (Phi) is 2.84. The zero-order valence-electron chi connectivity index (χ0n) is 11.8. The Morgan fingerprint density at radius 2 is 2.06 bits per heavy atom. The maximum Gasteiger partial charge on any atom is 0.0557 e. The zero-order valence-corrected chi connectivity index (χ0v) is 11.8. The predicted molar refractivity (Wildman–Crippen MR) is 75.8 cm³/mol. The first-order valence-corrected chi connectivity index (χ1v) is 7.31. The fourth-order valence-electron chi connectivity index (χ4n) is 3.32. The third-order valence-electron chi connectivity index (χ3n) is 4.95. The molecule has 1 aliphatic heterocycles. The molecule has 1 aromatic rings. The highest BCUT2D eigenvalue weighted by Crippen LogP contribution is 2.51. The average Bonchev–Trinajstić information content (AvgIpc) is 3.11. The van der Waals surface area contributed by atoms with E-state index in [0.717, 1.165) is 17.5 Å². The molecule has 0 aromatic carbocycles. The van der Waals surface area contributed by atoms with Crippen molar-refractivity contribution in [2.75, 3.05) is 11.4 Å². The van der Waals surface area contributed by atoms with Crippen LogP contribution in [0.4, 0.5) is 5.69 Å². The first-order valence-electron chi connectivity index (χ1n) is 7.31. The third-order valence-corrected chi connectivity index (χ3v) is 4.95. The number of aryl methyl sites for hydroxylation is 1. The van der Waals surface area contributed by atoms with Crippen LogP contribution in [0.2, 0.25) is 0 Å². The van der Waals surface area contributed by atoms with Gasteiger partial charge in [0.15, 0.2) is 0 Å². The van der Waals surface area contributed by atoms with Gasteiger partial charge in [-0.05, 0) is 56.6 Å². The lowest BCUT2D eigenvalue weighted by molar-refractivity contribution is 0.278. The first kappa shape index (κ1) is 12.0. The van der Waals surface area contributed by atoms with Crippen molar-refractivity contribution >= 4 is 5.69 Å². The normalized spacial score (nSPS) is 25.8.